The summed E-state index contributed by atoms with van der Waals surface area (Å²) in [6.07, 6.45) is 0.0407. The number of aliphatic carboxylic acids is 1. The van der Waals surface area contributed by atoms with Crippen LogP contribution in [0.5, 0.6) is 0 Å². The third-order valence-electron chi connectivity index (χ3n) is 2.73. The predicted octanol–water partition coefficient (Wildman–Crippen LogP) is 2.03. The molecule has 0 fully saturated rings. The van der Waals surface area contributed by atoms with Crippen molar-refractivity contribution in [1.29, 1.82) is 0 Å². The predicted molar refractivity (Wildman–Crippen MR) is 58.3 cm³/mol. The normalized spacial score (nSPS) is 24.0. The Morgan fingerprint density at radius 1 is 1.50 bits per heavy atom. The van der Waals surface area contributed by atoms with Gasteiger partial charge in [0.2, 0.25) is 0 Å². The lowest BCUT2D eigenvalue weighted by Crippen LogP contribution is -2.37. The zero-order chi connectivity index (χ0) is 11.9. The minimum atomic E-state index is -1.09. The van der Waals surface area contributed by atoms with Crippen LogP contribution >= 0.6 is 15.9 Å². The van der Waals surface area contributed by atoms with E-state index in [1.165, 1.54) is 18.2 Å². The molecule has 0 saturated carbocycles. The standard InChI is InChI=1S/C11H8BrFO3/c12-9-7(11(15)16)4-6-5(10(9)14)2-1-3-8(6)13/h1-3,7,9H,4H2,(H,15,16). The van der Waals surface area contributed by atoms with Gasteiger partial charge in [0.25, 0.3) is 0 Å². The lowest BCUT2D eigenvalue weighted by atomic mass is 9.82. The third kappa shape index (κ3) is 1.65. The molecule has 0 bridgehead atoms. The zero-order valence-corrected chi connectivity index (χ0v) is 9.70. The van der Waals surface area contributed by atoms with Crippen LogP contribution in [0.1, 0.15) is 15.9 Å². The summed E-state index contributed by atoms with van der Waals surface area (Å²) in [4.78, 5) is 22.0. The van der Waals surface area contributed by atoms with Crippen LogP contribution in [-0.2, 0) is 11.2 Å². The molecule has 1 aliphatic carbocycles. The summed E-state index contributed by atoms with van der Waals surface area (Å²) in [5, 5.41) is 8.94. The summed E-state index contributed by atoms with van der Waals surface area (Å²) >= 11 is 3.06. The number of carbonyl (C=O) groups excluding carboxylic acids is 1. The van der Waals surface area contributed by atoms with E-state index in [4.69, 9.17) is 5.11 Å². The number of hydrogen-bond acceptors (Lipinski definition) is 2. The second-order valence-corrected chi connectivity index (χ2v) is 4.67. The van der Waals surface area contributed by atoms with Gasteiger partial charge >= 0.3 is 5.97 Å². The second-order valence-electron chi connectivity index (χ2n) is 3.68. The fourth-order valence-corrected chi connectivity index (χ4v) is 2.52. The van der Waals surface area contributed by atoms with Gasteiger partial charge < -0.3 is 5.11 Å². The largest absolute Gasteiger partial charge is 0.481 e. The van der Waals surface area contributed by atoms with E-state index in [1.54, 1.807) is 0 Å². The van der Waals surface area contributed by atoms with Crippen molar-refractivity contribution in [3.8, 4) is 0 Å². The third-order valence-corrected chi connectivity index (χ3v) is 3.78. The molecule has 5 heteroatoms. The van der Waals surface area contributed by atoms with Gasteiger partial charge in [0.1, 0.15) is 5.82 Å². The Labute approximate surface area is 99.4 Å². The van der Waals surface area contributed by atoms with Gasteiger partial charge in [-0.25, -0.2) is 4.39 Å². The average Bonchev–Trinajstić information content (AvgIpc) is 2.23. The fourth-order valence-electron chi connectivity index (χ4n) is 1.86. The highest BCUT2D eigenvalue weighted by molar-refractivity contribution is 9.10. The SMILES string of the molecule is O=C1c2cccc(F)c2CC(C(=O)O)C1Br. The van der Waals surface area contributed by atoms with Crippen LogP contribution in [0.4, 0.5) is 4.39 Å². The number of Topliss-reactive ketones (excluding diaryl/α,β-unsaturated/α-hetero) is 1. The molecule has 2 atom stereocenters. The molecule has 0 aromatic heterocycles. The number of carboxylic acids is 1. The maximum absolute atomic E-state index is 13.4. The Kier molecular flexibility index (Phi) is 2.80. The summed E-state index contributed by atoms with van der Waals surface area (Å²) in [6, 6.07) is 4.21. The van der Waals surface area contributed by atoms with Gasteiger partial charge in [-0.05, 0) is 18.1 Å². The van der Waals surface area contributed by atoms with Crippen LogP contribution in [0.3, 0.4) is 0 Å². The van der Waals surface area contributed by atoms with E-state index >= 15 is 0 Å². The van der Waals surface area contributed by atoms with E-state index in [-0.39, 0.29) is 23.3 Å². The molecule has 1 aliphatic rings. The summed E-state index contributed by atoms with van der Waals surface area (Å²) in [7, 11) is 0. The first-order valence-corrected chi connectivity index (χ1v) is 5.62. The summed E-state index contributed by atoms with van der Waals surface area (Å²) in [6.45, 7) is 0. The first-order chi connectivity index (χ1) is 7.52. The Morgan fingerprint density at radius 3 is 2.81 bits per heavy atom. The van der Waals surface area contributed by atoms with E-state index in [0.717, 1.165) is 0 Å². The quantitative estimate of drug-likeness (QED) is 0.804. The van der Waals surface area contributed by atoms with Crippen LogP contribution in [-0.4, -0.2) is 21.7 Å². The van der Waals surface area contributed by atoms with Crippen molar-refractivity contribution in [3.63, 3.8) is 0 Å². The van der Waals surface area contributed by atoms with Gasteiger partial charge in [0.15, 0.2) is 5.78 Å². The zero-order valence-electron chi connectivity index (χ0n) is 8.11. The van der Waals surface area contributed by atoms with Gasteiger partial charge in [-0.3, -0.25) is 9.59 Å². The molecule has 3 nitrogen and oxygen atoms in total. The molecule has 84 valence electrons. The average molecular weight is 287 g/mol. The topological polar surface area (TPSA) is 54.4 Å². The molecule has 0 aliphatic heterocycles. The first-order valence-electron chi connectivity index (χ1n) is 4.71. The number of ketones is 1. The van der Waals surface area contributed by atoms with E-state index in [1.807, 2.05) is 0 Å². The molecular formula is C11H8BrFO3. The maximum atomic E-state index is 13.4. The Bertz CT molecular complexity index is 472. The van der Waals surface area contributed by atoms with Crippen molar-refractivity contribution >= 4 is 27.7 Å². The Balaban J connectivity index is 2.53. The molecule has 2 rings (SSSR count). The van der Waals surface area contributed by atoms with Crippen LogP contribution < -0.4 is 0 Å². The first kappa shape index (κ1) is 11.3. The van der Waals surface area contributed by atoms with E-state index in [9.17, 15) is 14.0 Å². The number of fused-ring (bicyclic) bond motifs is 1. The van der Waals surface area contributed by atoms with Gasteiger partial charge in [-0.15, -0.1) is 0 Å². The van der Waals surface area contributed by atoms with Crippen molar-refractivity contribution in [1.82, 2.24) is 0 Å². The number of rotatable bonds is 1. The molecule has 0 heterocycles. The highest BCUT2D eigenvalue weighted by Crippen LogP contribution is 2.31. The summed E-state index contributed by atoms with van der Waals surface area (Å²) in [5.41, 5.74) is 0.481. The fraction of sp³-hybridized carbons (Fsp3) is 0.273. The lowest BCUT2D eigenvalue weighted by Gasteiger charge is -2.25. The molecule has 0 radical (unpaired) electrons. The lowest BCUT2D eigenvalue weighted by molar-refractivity contribution is -0.141. The minimum absolute atomic E-state index is 0.0407. The maximum Gasteiger partial charge on any atom is 0.308 e. The number of hydrogen-bond donors (Lipinski definition) is 1. The highest BCUT2D eigenvalue weighted by Gasteiger charge is 2.39. The van der Waals surface area contributed by atoms with E-state index < -0.39 is 22.5 Å². The van der Waals surface area contributed by atoms with E-state index in [0.29, 0.717) is 0 Å². The number of alkyl halides is 1. The van der Waals surface area contributed by atoms with Crippen molar-refractivity contribution in [2.75, 3.05) is 0 Å². The van der Waals surface area contributed by atoms with Gasteiger partial charge in [-0.1, -0.05) is 28.1 Å². The smallest absolute Gasteiger partial charge is 0.308 e. The molecule has 1 aromatic carbocycles. The van der Waals surface area contributed by atoms with Gasteiger partial charge in [0.05, 0.1) is 10.7 Å². The number of benzene rings is 1. The van der Waals surface area contributed by atoms with Crippen LogP contribution in [0.15, 0.2) is 18.2 Å². The van der Waals surface area contributed by atoms with Crippen LogP contribution in [0.2, 0.25) is 0 Å². The van der Waals surface area contributed by atoms with Crippen molar-refractivity contribution in [2.24, 2.45) is 5.92 Å². The molecule has 16 heavy (non-hydrogen) atoms. The van der Waals surface area contributed by atoms with Crippen molar-refractivity contribution in [3.05, 3.63) is 35.1 Å². The Morgan fingerprint density at radius 2 is 2.19 bits per heavy atom. The summed E-state index contributed by atoms with van der Waals surface area (Å²) in [5.74, 6) is -2.88. The number of carbonyl (C=O) groups is 2. The number of halogens is 2. The molecule has 0 saturated heterocycles. The summed E-state index contributed by atoms with van der Waals surface area (Å²) < 4.78 is 13.4. The van der Waals surface area contributed by atoms with Gasteiger partial charge in [0, 0.05) is 5.56 Å². The Hall–Kier alpha value is -1.23. The van der Waals surface area contributed by atoms with E-state index in [2.05, 4.69) is 15.9 Å². The molecule has 2 unspecified atom stereocenters. The van der Waals surface area contributed by atoms with Gasteiger partial charge in [-0.2, -0.15) is 0 Å². The molecule has 1 aromatic rings. The second kappa shape index (κ2) is 3.97. The highest BCUT2D eigenvalue weighted by atomic mass is 79.9. The van der Waals surface area contributed by atoms with Crippen molar-refractivity contribution in [2.45, 2.75) is 11.2 Å². The van der Waals surface area contributed by atoms with Crippen molar-refractivity contribution < 1.29 is 19.1 Å². The minimum Gasteiger partial charge on any atom is -0.481 e. The molecular weight excluding hydrogens is 279 g/mol. The molecule has 0 spiro atoms. The molecule has 0 amide bonds. The van der Waals surface area contributed by atoms with Crippen LogP contribution in [0.25, 0.3) is 0 Å². The monoisotopic (exact) mass is 286 g/mol. The molecule has 1 N–H and O–H groups in total. The number of carboxylic acid groups (broad SMARTS) is 1. The van der Waals surface area contributed by atoms with Crippen LogP contribution in [0, 0.1) is 11.7 Å².